The van der Waals surface area contributed by atoms with Gasteiger partial charge in [-0.1, -0.05) is 19.1 Å². The van der Waals surface area contributed by atoms with Crippen LogP contribution in [0.4, 0.5) is 0 Å². The highest BCUT2D eigenvalue weighted by molar-refractivity contribution is 5.98. The molecule has 3 aliphatic heterocycles. The zero-order valence-corrected chi connectivity index (χ0v) is 21.0. The van der Waals surface area contributed by atoms with Crippen LogP contribution in [0.3, 0.4) is 0 Å². The van der Waals surface area contributed by atoms with E-state index < -0.39 is 40.6 Å². The van der Waals surface area contributed by atoms with Crippen LogP contribution >= 0.6 is 0 Å². The Balaban J connectivity index is 2.07. The SMILES string of the molecule is C=CCCOC(=O)[C@H]1[C@H]2C(=O)N(CCCO)C(C(=O)N(CC=C)C(C)(C)C)C23CC[C@]1(CC)O3. The molecule has 0 aliphatic carbocycles. The second kappa shape index (κ2) is 9.82. The summed E-state index contributed by atoms with van der Waals surface area (Å²) in [6, 6.07) is -0.866. The topological polar surface area (TPSA) is 96.4 Å². The van der Waals surface area contributed by atoms with Gasteiger partial charge in [-0.25, -0.2) is 0 Å². The number of amides is 2. The quantitative estimate of drug-likeness (QED) is 0.280. The van der Waals surface area contributed by atoms with E-state index in [2.05, 4.69) is 13.2 Å². The molecule has 3 heterocycles. The summed E-state index contributed by atoms with van der Waals surface area (Å²) in [5.74, 6) is -2.47. The van der Waals surface area contributed by atoms with Gasteiger partial charge < -0.3 is 24.4 Å². The number of fused-ring (bicyclic) bond motifs is 1. The van der Waals surface area contributed by atoms with Crippen molar-refractivity contribution in [3.8, 4) is 0 Å². The van der Waals surface area contributed by atoms with Crippen LogP contribution in [0.15, 0.2) is 25.3 Å². The van der Waals surface area contributed by atoms with Crippen LogP contribution in [-0.4, -0.2) is 81.8 Å². The average Bonchev–Trinajstić information content (AvgIpc) is 3.38. The number of aliphatic hydroxyl groups is 1. The maximum absolute atomic E-state index is 14.1. The Morgan fingerprint density at radius 2 is 2.00 bits per heavy atom. The Hall–Kier alpha value is -2.19. The number of carbonyl (C=O) groups excluding carboxylic acids is 3. The van der Waals surface area contributed by atoms with Gasteiger partial charge in [-0.3, -0.25) is 14.4 Å². The van der Waals surface area contributed by atoms with Crippen molar-refractivity contribution in [1.29, 1.82) is 0 Å². The standard InChI is InChI=1S/C26H40N2O6/c1-7-10-17-33-23(32)19-18-21(30)27(15-11-16-29)20(22(31)28(14-8-2)24(4,5)6)26(18)13-12-25(19,9-3)34-26/h7-8,18-20,29H,1-2,9-17H2,3-6H3/t18-,19+,20?,25-,26?/m0/s1. The van der Waals surface area contributed by atoms with E-state index in [-0.39, 0.29) is 31.6 Å². The monoisotopic (exact) mass is 476 g/mol. The summed E-state index contributed by atoms with van der Waals surface area (Å²) < 4.78 is 12.2. The first-order valence-electron chi connectivity index (χ1n) is 12.4. The lowest BCUT2D eigenvalue weighted by molar-refractivity contribution is -0.162. The molecule has 190 valence electrons. The third-order valence-corrected chi connectivity index (χ3v) is 7.68. The Morgan fingerprint density at radius 1 is 1.29 bits per heavy atom. The molecule has 3 fully saturated rings. The maximum Gasteiger partial charge on any atom is 0.312 e. The summed E-state index contributed by atoms with van der Waals surface area (Å²) >= 11 is 0. The van der Waals surface area contributed by atoms with Crippen molar-refractivity contribution in [3.05, 3.63) is 25.3 Å². The zero-order chi connectivity index (χ0) is 25.3. The number of hydrogen-bond acceptors (Lipinski definition) is 6. The summed E-state index contributed by atoms with van der Waals surface area (Å²) in [4.78, 5) is 44.5. The molecule has 3 saturated heterocycles. The van der Waals surface area contributed by atoms with Gasteiger partial charge in [0.05, 0.1) is 18.1 Å². The number of ether oxygens (including phenoxy) is 2. The van der Waals surface area contributed by atoms with Crippen LogP contribution in [-0.2, 0) is 23.9 Å². The van der Waals surface area contributed by atoms with Gasteiger partial charge in [-0.15, -0.1) is 13.2 Å². The van der Waals surface area contributed by atoms with Crippen LogP contribution in [0.1, 0.15) is 59.8 Å². The lowest BCUT2D eigenvalue weighted by atomic mass is 9.65. The van der Waals surface area contributed by atoms with Crippen molar-refractivity contribution in [2.75, 3.05) is 26.3 Å². The molecular formula is C26H40N2O6. The highest BCUT2D eigenvalue weighted by Crippen LogP contribution is 2.64. The molecule has 8 nitrogen and oxygen atoms in total. The number of hydrogen-bond donors (Lipinski definition) is 1. The summed E-state index contributed by atoms with van der Waals surface area (Å²) in [6.07, 6.45) is 5.86. The van der Waals surface area contributed by atoms with E-state index in [0.717, 1.165) is 0 Å². The van der Waals surface area contributed by atoms with E-state index in [0.29, 0.717) is 38.6 Å². The molecule has 2 amide bonds. The van der Waals surface area contributed by atoms with E-state index in [1.54, 1.807) is 22.0 Å². The second-order valence-electron chi connectivity index (χ2n) is 10.6. The Morgan fingerprint density at radius 3 is 2.56 bits per heavy atom. The third kappa shape index (κ3) is 4.09. The minimum Gasteiger partial charge on any atom is -0.465 e. The fraction of sp³-hybridized carbons (Fsp3) is 0.731. The molecule has 2 bridgehead atoms. The van der Waals surface area contributed by atoms with Crippen LogP contribution in [0, 0.1) is 11.8 Å². The largest absolute Gasteiger partial charge is 0.465 e. The van der Waals surface area contributed by atoms with E-state index in [9.17, 15) is 19.5 Å². The first-order chi connectivity index (χ1) is 16.0. The van der Waals surface area contributed by atoms with Crippen LogP contribution in [0.5, 0.6) is 0 Å². The molecule has 8 heteroatoms. The molecule has 1 spiro atoms. The van der Waals surface area contributed by atoms with Gasteiger partial charge in [0, 0.05) is 25.2 Å². The molecule has 1 N–H and O–H groups in total. The fourth-order valence-electron chi connectivity index (χ4n) is 6.14. The number of aliphatic hydroxyl groups excluding tert-OH is 1. The Bertz CT molecular complexity index is 836. The maximum atomic E-state index is 14.1. The number of esters is 1. The third-order valence-electron chi connectivity index (χ3n) is 7.68. The number of nitrogens with zero attached hydrogens (tertiary/aromatic N) is 2. The first kappa shape index (κ1) is 26.4. The smallest absolute Gasteiger partial charge is 0.312 e. The van der Waals surface area contributed by atoms with Gasteiger partial charge in [-0.2, -0.15) is 0 Å². The zero-order valence-electron chi connectivity index (χ0n) is 21.0. The van der Waals surface area contributed by atoms with Crippen molar-refractivity contribution in [2.45, 2.75) is 82.6 Å². The van der Waals surface area contributed by atoms with Crippen molar-refractivity contribution in [2.24, 2.45) is 11.8 Å². The van der Waals surface area contributed by atoms with Gasteiger partial charge >= 0.3 is 5.97 Å². The second-order valence-corrected chi connectivity index (χ2v) is 10.6. The first-order valence-corrected chi connectivity index (χ1v) is 12.4. The molecule has 0 saturated carbocycles. The predicted octanol–water partition coefficient (Wildman–Crippen LogP) is 2.46. The Labute approximate surface area is 202 Å². The van der Waals surface area contributed by atoms with Crippen LogP contribution in [0.25, 0.3) is 0 Å². The Kier molecular flexibility index (Phi) is 7.63. The van der Waals surface area contributed by atoms with E-state index >= 15 is 0 Å². The molecule has 3 rings (SSSR count). The molecule has 0 aromatic carbocycles. The van der Waals surface area contributed by atoms with Gasteiger partial charge in [0.2, 0.25) is 11.8 Å². The average molecular weight is 477 g/mol. The normalized spacial score (nSPS) is 32.0. The predicted molar refractivity (Wildman–Crippen MR) is 128 cm³/mol. The van der Waals surface area contributed by atoms with Crippen molar-refractivity contribution in [1.82, 2.24) is 9.80 Å². The molecular weight excluding hydrogens is 436 g/mol. The van der Waals surface area contributed by atoms with Crippen molar-refractivity contribution >= 4 is 17.8 Å². The summed E-state index contributed by atoms with van der Waals surface area (Å²) in [5.41, 5.74) is -2.42. The van der Waals surface area contributed by atoms with Gasteiger partial charge in [-0.05, 0) is 52.9 Å². The van der Waals surface area contributed by atoms with Crippen molar-refractivity contribution < 1.29 is 29.0 Å². The summed E-state index contributed by atoms with van der Waals surface area (Å²) in [5, 5.41) is 9.47. The number of carbonyl (C=O) groups is 3. The summed E-state index contributed by atoms with van der Waals surface area (Å²) in [7, 11) is 0. The highest BCUT2D eigenvalue weighted by atomic mass is 16.6. The lowest BCUT2D eigenvalue weighted by Crippen LogP contribution is -2.60. The van der Waals surface area contributed by atoms with Crippen molar-refractivity contribution in [3.63, 3.8) is 0 Å². The van der Waals surface area contributed by atoms with Crippen LogP contribution < -0.4 is 0 Å². The fourth-order valence-corrected chi connectivity index (χ4v) is 6.14. The number of likely N-dealkylation sites (tertiary alicyclic amines) is 1. The van der Waals surface area contributed by atoms with Crippen LogP contribution in [0.2, 0.25) is 0 Å². The van der Waals surface area contributed by atoms with E-state index in [1.165, 1.54) is 0 Å². The van der Waals surface area contributed by atoms with E-state index in [1.807, 2.05) is 27.7 Å². The van der Waals surface area contributed by atoms with Gasteiger partial charge in [0.1, 0.15) is 17.6 Å². The molecule has 0 radical (unpaired) electrons. The minimum atomic E-state index is -1.09. The number of rotatable bonds is 11. The molecule has 5 atom stereocenters. The lowest BCUT2D eigenvalue weighted by Gasteiger charge is -2.42. The minimum absolute atomic E-state index is 0.106. The molecule has 0 aromatic heterocycles. The molecule has 0 aromatic rings. The molecule has 34 heavy (non-hydrogen) atoms. The molecule has 3 aliphatic rings. The highest BCUT2D eigenvalue weighted by Gasteiger charge is 2.79. The van der Waals surface area contributed by atoms with Gasteiger partial charge in [0.25, 0.3) is 0 Å². The summed E-state index contributed by atoms with van der Waals surface area (Å²) in [6.45, 7) is 15.9. The van der Waals surface area contributed by atoms with Gasteiger partial charge in [0.15, 0.2) is 0 Å². The van der Waals surface area contributed by atoms with E-state index in [4.69, 9.17) is 9.47 Å². The molecule has 2 unspecified atom stereocenters.